The second-order valence-electron chi connectivity index (χ2n) is 6.11. The minimum atomic E-state index is -0.597. The first kappa shape index (κ1) is 18.8. The van der Waals surface area contributed by atoms with Gasteiger partial charge in [0.25, 0.3) is 11.8 Å². The quantitative estimate of drug-likeness (QED) is 0.579. The Morgan fingerprint density at radius 3 is 2.74 bits per heavy atom. The maximum atomic E-state index is 12.6. The van der Waals surface area contributed by atoms with Crippen LogP contribution >= 0.6 is 11.3 Å². The summed E-state index contributed by atoms with van der Waals surface area (Å²) in [5, 5.41) is 14.3. The predicted octanol–water partition coefficient (Wildman–Crippen LogP) is 3.29. The fraction of sp³-hybridized carbons (Fsp3) is 0.333. The molecule has 1 aliphatic carbocycles. The van der Waals surface area contributed by atoms with Crippen molar-refractivity contribution in [2.24, 2.45) is 5.73 Å². The third-order valence-electron chi connectivity index (χ3n) is 4.36. The van der Waals surface area contributed by atoms with E-state index in [4.69, 9.17) is 10.5 Å². The van der Waals surface area contributed by atoms with Gasteiger partial charge in [-0.05, 0) is 50.3 Å². The fourth-order valence-corrected chi connectivity index (χ4v) is 4.46. The molecule has 0 bridgehead atoms. The lowest BCUT2D eigenvalue weighted by Gasteiger charge is -2.11. The molecule has 0 aliphatic heterocycles. The summed E-state index contributed by atoms with van der Waals surface area (Å²) in [6.45, 7) is 1.99. The number of rotatable bonds is 6. The van der Waals surface area contributed by atoms with Gasteiger partial charge in [0.05, 0.1) is 17.1 Å². The molecule has 0 atom stereocenters. The van der Waals surface area contributed by atoms with Crippen molar-refractivity contribution in [1.29, 1.82) is 0 Å². The maximum absolute atomic E-state index is 12.6. The first-order chi connectivity index (χ1) is 12.9. The molecule has 0 radical (unpaired) electrons. The van der Waals surface area contributed by atoms with Crippen molar-refractivity contribution in [3.8, 4) is 5.75 Å². The molecule has 1 aliphatic rings. The molecule has 0 saturated carbocycles. The lowest BCUT2D eigenvalue weighted by atomic mass is 9.95. The molecule has 1 aromatic heterocycles. The SMILES string of the molecule is CCOc1ccc(C(=O)Nc2sc3c(c2C(N)=O)CCCC3)cc1[N+](=O)[O-]. The smallest absolute Gasteiger partial charge is 0.311 e. The average molecular weight is 389 g/mol. The highest BCUT2D eigenvalue weighted by Gasteiger charge is 2.26. The van der Waals surface area contributed by atoms with Crippen molar-refractivity contribution >= 4 is 33.8 Å². The lowest BCUT2D eigenvalue weighted by Crippen LogP contribution is -2.18. The number of aryl methyl sites for hydroxylation is 1. The Kier molecular flexibility index (Phi) is 5.41. The molecule has 3 N–H and O–H groups in total. The zero-order chi connectivity index (χ0) is 19.6. The average Bonchev–Trinajstić information content (AvgIpc) is 2.99. The van der Waals surface area contributed by atoms with Crippen LogP contribution < -0.4 is 15.8 Å². The molecular formula is C18H19N3O5S. The number of nitrogens with zero attached hydrogens (tertiary/aromatic N) is 1. The van der Waals surface area contributed by atoms with Crippen LogP contribution in [0, 0.1) is 10.1 Å². The zero-order valence-corrected chi connectivity index (χ0v) is 15.6. The minimum absolute atomic E-state index is 0.100. The number of nitrogens with two attached hydrogens (primary N) is 1. The van der Waals surface area contributed by atoms with Crippen LogP contribution in [0.3, 0.4) is 0 Å². The molecule has 2 aromatic rings. The van der Waals surface area contributed by atoms with Gasteiger partial charge in [-0.1, -0.05) is 0 Å². The highest BCUT2D eigenvalue weighted by molar-refractivity contribution is 7.17. The number of hydrogen-bond donors (Lipinski definition) is 2. The van der Waals surface area contributed by atoms with Gasteiger partial charge < -0.3 is 15.8 Å². The summed E-state index contributed by atoms with van der Waals surface area (Å²) in [6.07, 6.45) is 3.62. The van der Waals surface area contributed by atoms with E-state index >= 15 is 0 Å². The largest absolute Gasteiger partial charge is 0.487 e. The van der Waals surface area contributed by atoms with Gasteiger partial charge in [0, 0.05) is 16.5 Å². The second-order valence-corrected chi connectivity index (χ2v) is 7.21. The van der Waals surface area contributed by atoms with E-state index in [1.807, 2.05) is 0 Å². The number of thiophene rings is 1. The highest BCUT2D eigenvalue weighted by atomic mass is 32.1. The minimum Gasteiger partial charge on any atom is -0.487 e. The van der Waals surface area contributed by atoms with Crippen molar-refractivity contribution in [2.75, 3.05) is 11.9 Å². The van der Waals surface area contributed by atoms with Gasteiger partial charge in [0.1, 0.15) is 5.00 Å². The van der Waals surface area contributed by atoms with E-state index in [2.05, 4.69) is 5.32 Å². The van der Waals surface area contributed by atoms with Gasteiger partial charge in [-0.3, -0.25) is 19.7 Å². The van der Waals surface area contributed by atoms with E-state index in [1.54, 1.807) is 6.92 Å². The molecule has 3 rings (SSSR count). The maximum Gasteiger partial charge on any atom is 0.311 e. The van der Waals surface area contributed by atoms with E-state index in [-0.39, 0.29) is 23.6 Å². The Hall–Kier alpha value is -2.94. The van der Waals surface area contributed by atoms with Gasteiger partial charge in [-0.25, -0.2) is 0 Å². The predicted molar refractivity (Wildman–Crippen MR) is 102 cm³/mol. The molecule has 27 heavy (non-hydrogen) atoms. The number of carbonyl (C=O) groups excluding carboxylic acids is 2. The van der Waals surface area contributed by atoms with E-state index in [1.165, 1.54) is 23.5 Å². The normalized spacial score (nSPS) is 12.9. The molecule has 142 valence electrons. The number of benzene rings is 1. The summed E-state index contributed by atoms with van der Waals surface area (Å²) in [7, 11) is 0. The van der Waals surface area contributed by atoms with Crippen LogP contribution in [0.2, 0.25) is 0 Å². The molecule has 0 unspecified atom stereocenters. The number of nitro groups is 1. The third kappa shape index (κ3) is 3.77. The summed E-state index contributed by atoms with van der Waals surface area (Å²) < 4.78 is 5.22. The summed E-state index contributed by atoms with van der Waals surface area (Å²) in [6, 6.07) is 4.01. The van der Waals surface area contributed by atoms with Crippen LogP contribution in [0.25, 0.3) is 0 Å². The van der Waals surface area contributed by atoms with Gasteiger partial charge in [0.15, 0.2) is 5.75 Å². The van der Waals surface area contributed by atoms with Crippen molar-refractivity contribution in [2.45, 2.75) is 32.6 Å². The first-order valence-corrected chi connectivity index (χ1v) is 9.41. The number of carbonyl (C=O) groups is 2. The Balaban J connectivity index is 1.92. The molecule has 1 aromatic carbocycles. The Labute approximate surface area is 159 Å². The van der Waals surface area contributed by atoms with Crippen molar-refractivity contribution in [3.05, 3.63) is 49.9 Å². The third-order valence-corrected chi connectivity index (χ3v) is 5.57. The summed E-state index contributed by atoms with van der Waals surface area (Å²) in [5.41, 5.74) is 6.60. The van der Waals surface area contributed by atoms with Crippen molar-refractivity contribution in [3.63, 3.8) is 0 Å². The number of nitrogens with one attached hydrogen (secondary N) is 1. The molecule has 1 heterocycles. The number of ether oxygens (including phenoxy) is 1. The molecule has 9 heteroatoms. The van der Waals surface area contributed by atoms with Crippen LogP contribution in [-0.4, -0.2) is 23.3 Å². The Bertz CT molecular complexity index is 922. The molecule has 8 nitrogen and oxygen atoms in total. The fourth-order valence-electron chi connectivity index (χ4n) is 3.17. The van der Waals surface area contributed by atoms with Crippen LogP contribution in [-0.2, 0) is 12.8 Å². The van der Waals surface area contributed by atoms with Crippen molar-refractivity contribution in [1.82, 2.24) is 0 Å². The number of fused-ring (bicyclic) bond motifs is 1. The molecule has 0 spiro atoms. The summed E-state index contributed by atoms with van der Waals surface area (Å²) in [5.74, 6) is -1.02. The lowest BCUT2D eigenvalue weighted by molar-refractivity contribution is -0.385. The number of hydrogen-bond acceptors (Lipinski definition) is 6. The zero-order valence-electron chi connectivity index (χ0n) is 14.7. The molecular weight excluding hydrogens is 370 g/mol. The number of primary amides is 1. The summed E-state index contributed by atoms with van der Waals surface area (Å²) >= 11 is 1.34. The van der Waals surface area contributed by atoms with E-state index in [9.17, 15) is 19.7 Å². The monoisotopic (exact) mass is 389 g/mol. The van der Waals surface area contributed by atoms with Gasteiger partial charge in [0.2, 0.25) is 0 Å². The molecule has 0 fully saturated rings. The summed E-state index contributed by atoms with van der Waals surface area (Å²) in [4.78, 5) is 36.2. The molecule has 2 amide bonds. The second kappa shape index (κ2) is 7.75. The Morgan fingerprint density at radius 1 is 1.33 bits per heavy atom. The standard InChI is InChI=1S/C18H19N3O5S/c1-2-26-13-8-7-10(9-12(13)21(24)25)17(23)20-18-15(16(19)22)11-5-3-4-6-14(11)27-18/h7-9H,2-6H2,1H3,(H2,19,22)(H,20,23). The number of nitro benzene ring substituents is 1. The van der Waals surface area contributed by atoms with Gasteiger partial charge in [-0.2, -0.15) is 0 Å². The Morgan fingerprint density at radius 2 is 2.07 bits per heavy atom. The van der Waals surface area contributed by atoms with Crippen LogP contribution in [0.4, 0.5) is 10.7 Å². The van der Waals surface area contributed by atoms with E-state index < -0.39 is 16.7 Å². The highest BCUT2D eigenvalue weighted by Crippen LogP contribution is 2.38. The van der Waals surface area contributed by atoms with E-state index in [0.29, 0.717) is 10.6 Å². The van der Waals surface area contributed by atoms with Crippen LogP contribution in [0.1, 0.15) is 50.9 Å². The first-order valence-electron chi connectivity index (χ1n) is 8.59. The van der Waals surface area contributed by atoms with Gasteiger partial charge in [-0.15, -0.1) is 11.3 Å². The van der Waals surface area contributed by atoms with Crippen LogP contribution in [0.15, 0.2) is 18.2 Å². The number of anilines is 1. The number of amides is 2. The van der Waals surface area contributed by atoms with E-state index in [0.717, 1.165) is 42.2 Å². The van der Waals surface area contributed by atoms with Crippen LogP contribution in [0.5, 0.6) is 5.75 Å². The topological polar surface area (TPSA) is 125 Å². The van der Waals surface area contributed by atoms with Gasteiger partial charge >= 0.3 is 5.69 Å². The van der Waals surface area contributed by atoms with Crippen molar-refractivity contribution < 1.29 is 19.2 Å². The molecule has 0 saturated heterocycles.